The van der Waals surface area contributed by atoms with E-state index in [-0.39, 0.29) is 0 Å². The zero-order valence-corrected chi connectivity index (χ0v) is 14.1. The summed E-state index contributed by atoms with van der Waals surface area (Å²) in [6.45, 7) is 7.18. The monoisotopic (exact) mass is 325 g/mol. The minimum absolute atomic E-state index is 0.416. The van der Waals surface area contributed by atoms with E-state index >= 15 is 0 Å². The summed E-state index contributed by atoms with van der Waals surface area (Å²) in [5, 5.41) is 11.6. The lowest BCUT2D eigenvalue weighted by Gasteiger charge is -2.22. The Kier molecular flexibility index (Phi) is 5.09. The molecule has 1 N–H and O–H groups in total. The summed E-state index contributed by atoms with van der Waals surface area (Å²) in [7, 11) is 0. The number of ether oxygens (including phenoxy) is 1. The molecule has 124 valence electrons. The first-order chi connectivity index (χ1) is 11.3. The van der Waals surface area contributed by atoms with E-state index in [0.29, 0.717) is 22.6 Å². The Morgan fingerprint density at radius 2 is 1.96 bits per heavy atom. The van der Waals surface area contributed by atoms with Crippen molar-refractivity contribution in [3.63, 3.8) is 0 Å². The highest BCUT2D eigenvalue weighted by Crippen LogP contribution is 2.23. The van der Waals surface area contributed by atoms with E-state index in [1.165, 1.54) is 6.20 Å². The Labute approximate surface area is 140 Å². The van der Waals surface area contributed by atoms with Crippen molar-refractivity contribution in [1.29, 1.82) is 5.26 Å². The summed E-state index contributed by atoms with van der Waals surface area (Å²) in [6.07, 6.45) is 4.05. The van der Waals surface area contributed by atoms with E-state index in [0.717, 1.165) is 0 Å². The standard InChI is InChI=1S/C17H19N5O2/c1-11(22-16(23)24-17(2,3)4)14-15(20-8-7-19-14)13-6-5-12(9-18)10-21-13/h5-8,10-11H,1-4H3,(H,22,23). The van der Waals surface area contributed by atoms with E-state index in [9.17, 15) is 4.79 Å². The summed E-state index contributed by atoms with van der Waals surface area (Å²) in [6, 6.07) is 4.96. The summed E-state index contributed by atoms with van der Waals surface area (Å²) in [5.41, 5.74) is 1.58. The van der Waals surface area contributed by atoms with Gasteiger partial charge in [-0.25, -0.2) is 4.79 Å². The van der Waals surface area contributed by atoms with Gasteiger partial charge in [-0.3, -0.25) is 15.0 Å². The number of pyridine rings is 1. The molecule has 1 unspecified atom stereocenters. The maximum atomic E-state index is 11.9. The summed E-state index contributed by atoms with van der Waals surface area (Å²) in [5.74, 6) is 0. The van der Waals surface area contributed by atoms with E-state index in [1.807, 2.05) is 6.07 Å². The second-order valence-electron chi connectivity index (χ2n) is 6.20. The van der Waals surface area contributed by atoms with Gasteiger partial charge < -0.3 is 10.1 Å². The molecule has 0 radical (unpaired) electrons. The van der Waals surface area contributed by atoms with Crippen LogP contribution in [0.25, 0.3) is 11.4 Å². The molecule has 0 aliphatic rings. The van der Waals surface area contributed by atoms with Crippen LogP contribution in [0.1, 0.15) is 45.0 Å². The Morgan fingerprint density at radius 1 is 1.25 bits per heavy atom. The van der Waals surface area contributed by atoms with E-state index < -0.39 is 17.7 Å². The summed E-state index contributed by atoms with van der Waals surface area (Å²) in [4.78, 5) is 24.8. The van der Waals surface area contributed by atoms with Crippen molar-refractivity contribution in [2.24, 2.45) is 0 Å². The topological polar surface area (TPSA) is 101 Å². The van der Waals surface area contributed by atoms with E-state index in [1.54, 1.807) is 52.2 Å². The third kappa shape index (κ3) is 4.49. The molecule has 0 saturated heterocycles. The molecule has 24 heavy (non-hydrogen) atoms. The van der Waals surface area contributed by atoms with Gasteiger partial charge in [-0.1, -0.05) is 0 Å². The fraction of sp³-hybridized carbons (Fsp3) is 0.353. The second kappa shape index (κ2) is 7.04. The van der Waals surface area contributed by atoms with Crippen LogP contribution in [0.3, 0.4) is 0 Å². The Bertz CT molecular complexity index is 760. The highest BCUT2D eigenvalue weighted by Gasteiger charge is 2.21. The first-order valence-corrected chi connectivity index (χ1v) is 7.47. The van der Waals surface area contributed by atoms with Gasteiger partial charge in [0.05, 0.1) is 23.0 Å². The molecular weight excluding hydrogens is 306 g/mol. The lowest BCUT2D eigenvalue weighted by molar-refractivity contribution is 0.0507. The van der Waals surface area contributed by atoms with Crippen molar-refractivity contribution in [1.82, 2.24) is 20.3 Å². The number of alkyl carbamates (subject to hydrolysis) is 1. The van der Waals surface area contributed by atoms with E-state index in [2.05, 4.69) is 20.3 Å². The molecule has 0 aliphatic carbocycles. The van der Waals surface area contributed by atoms with Crippen molar-refractivity contribution in [3.8, 4) is 17.5 Å². The third-order valence-corrected chi connectivity index (χ3v) is 3.01. The fourth-order valence-corrected chi connectivity index (χ4v) is 2.02. The molecule has 0 fully saturated rings. The van der Waals surface area contributed by atoms with Crippen LogP contribution in [-0.4, -0.2) is 26.6 Å². The smallest absolute Gasteiger partial charge is 0.408 e. The number of nitrogens with zero attached hydrogens (tertiary/aromatic N) is 4. The SMILES string of the molecule is CC(NC(=O)OC(C)(C)C)c1nccnc1-c1ccc(C#N)cn1. The number of rotatable bonds is 3. The summed E-state index contributed by atoms with van der Waals surface area (Å²) < 4.78 is 5.26. The Hall–Kier alpha value is -3.01. The van der Waals surface area contributed by atoms with Crippen molar-refractivity contribution in [2.45, 2.75) is 39.3 Å². The van der Waals surface area contributed by atoms with Crippen LogP contribution in [0, 0.1) is 11.3 Å². The molecule has 0 aromatic carbocycles. The third-order valence-electron chi connectivity index (χ3n) is 3.01. The Morgan fingerprint density at radius 3 is 2.54 bits per heavy atom. The van der Waals surface area contributed by atoms with Gasteiger partial charge in [0.1, 0.15) is 17.4 Å². The van der Waals surface area contributed by atoms with Crippen molar-refractivity contribution < 1.29 is 9.53 Å². The molecule has 0 spiro atoms. The van der Waals surface area contributed by atoms with Gasteiger partial charge in [0.25, 0.3) is 0 Å². The number of nitrogens with one attached hydrogen (secondary N) is 1. The lowest BCUT2D eigenvalue weighted by atomic mass is 10.1. The van der Waals surface area contributed by atoms with Gasteiger partial charge in [0, 0.05) is 18.6 Å². The zero-order valence-electron chi connectivity index (χ0n) is 14.1. The van der Waals surface area contributed by atoms with Crippen LogP contribution in [0.2, 0.25) is 0 Å². The van der Waals surface area contributed by atoms with Gasteiger partial charge in [-0.2, -0.15) is 5.26 Å². The predicted molar refractivity (Wildman–Crippen MR) is 87.8 cm³/mol. The van der Waals surface area contributed by atoms with Gasteiger partial charge in [-0.05, 0) is 39.8 Å². The van der Waals surface area contributed by atoms with Crippen LogP contribution in [0.5, 0.6) is 0 Å². The molecule has 2 rings (SSSR count). The van der Waals surface area contributed by atoms with E-state index in [4.69, 9.17) is 10.00 Å². The molecule has 7 heteroatoms. The normalized spacial score (nSPS) is 12.1. The molecule has 2 aromatic rings. The highest BCUT2D eigenvalue weighted by atomic mass is 16.6. The maximum absolute atomic E-state index is 11.9. The highest BCUT2D eigenvalue weighted by molar-refractivity contribution is 5.69. The van der Waals surface area contributed by atoms with Gasteiger partial charge in [0.15, 0.2) is 0 Å². The predicted octanol–water partition coefficient (Wildman–Crippen LogP) is 3.00. The fourth-order valence-electron chi connectivity index (χ4n) is 2.02. The van der Waals surface area contributed by atoms with Crippen LogP contribution < -0.4 is 5.32 Å². The molecule has 0 saturated carbocycles. The van der Waals surface area contributed by atoms with Gasteiger partial charge >= 0.3 is 6.09 Å². The van der Waals surface area contributed by atoms with Crippen molar-refractivity contribution in [3.05, 3.63) is 42.0 Å². The molecular formula is C17H19N5O2. The quantitative estimate of drug-likeness (QED) is 0.931. The first kappa shape index (κ1) is 17.3. The molecule has 0 bridgehead atoms. The molecule has 7 nitrogen and oxygen atoms in total. The number of aromatic nitrogens is 3. The maximum Gasteiger partial charge on any atom is 0.408 e. The number of carbonyl (C=O) groups excluding carboxylic acids is 1. The average molecular weight is 325 g/mol. The Balaban J connectivity index is 2.24. The molecule has 2 heterocycles. The average Bonchev–Trinajstić information content (AvgIpc) is 2.53. The summed E-state index contributed by atoms with van der Waals surface area (Å²) >= 11 is 0. The van der Waals surface area contributed by atoms with Crippen LogP contribution >= 0.6 is 0 Å². The number of hydrogen-bond donors (Lipinski definition) is 1. The van der Waals surface area contributed by atoms with Gasteiger partial charge in [-0.15, -0.1) is 0 Å². The van der Waals surface area contributed by atoms with Gasteiger partial charge in [0.2, 0.25) is 0 Å². The zero-order chi connectivity index (χ0) is 17.7. The van der Waals surface area contributed by atoms with Crippen LogP contribution in [0.4, 0.5) is 4.79 Å². The molecule has 0 aliphatic heterocycles. The number of hydrogen-bond acceptors (Lipinski definition) is 6. The first-order valence-electron chi connectivity index (χ1n) is 7.47. The van der Waals surface area contributed by atoms with Crippen molar-refractivity contribution >= 4 is 6.09 Å². The molecule has 2 aromatic heterocycles. The number of carbonyl (C=O) groups is 1. The van der Waals surface area contributed by atoms with Crippen molar-refractivity contribution in [2.75, 3.05) is 0 Å². The minimum Gasteiger partial charge on any atom is -0.444 e. The van der Waals surface area contributed by atoms with Crippen LogP contribution in [0.15, 0.2) is 30.7 Å². The largest absolute Gasteiger partial charge is 0.444 e. The molecule has 1 amide bonds. The molecule has 1 atom stereocenters. The lowest BCUT2D eigenvalue weighted by Crippen LogP contribution is -2.34. The number of nitriles is 1. The second-order valence-corrected chi connectivity index (χ2v) is 6.20. The minimum atomic E-state index is -0.580. The number of amides is 1. The van der Waals surface area contributed by atoms with Crippen LogP contribution in [-0.2, 0) is 4.74 Å².